The Morgan fingerprint density at radius 1 is 1.07 bits per heavy atom. The van der Waals surface area contributed by atoms with Crippen LogP contribution >= 0.6 is 0 Å². The first kappa shape index (κ1) is 19.6. The van der Waals surface area contributed by atoms with Crippen molar-refractivity contribution >= 4 is 5.69 Å². The van der Waals surface area contributed by atoms with Crippen LogP contribution in [0.5, 0.6) is 5.75 Å². The van der Waals surface area contributed by atoms with Crippen LogP contribution in [0.4, 0.5) is 18.9 Å². The van der Waals surface area contributed by atoms with Gasteiger partial charge in [-0.05, 0) is 46.8 Å². The quantitative estimate of drug-likeness (QED) is 0.592. The van der Waals surface area contributed by atoms with Crippen molar-refractivity contribution in [2.24, 2.45) is 0 Å². The van der Waals surface area contributed by atoms with E-state index in [-0.39, 0.29) is 6.54 Å². The Morgan fingerprint density at radius 2 is 1.86 bits per heavy atom. The molecule has 0 aliphatic carbocycles. The minimum Gasteiger partial charge on any atom is -0.491 e. The standard InChI is InChI=1S/C18H18F3N5O2/c1-27-9-10-28-16-4-2-3-14(11-16)22-12-17-23-24-25-26(17)15-7-5-13(6-8-15)18(19,20)21/h2-8,11,22H,9-10,12H2,1H3. The van der Waals surface area contributed by atoms with Crippen LogP contribution in [-0.4, -0.2) is 40.5 Å². The molecule has 0 spiro atoms. The highest BCUT2D eigenvalue weighted by Crippen LogP contribution is 2.29. The monoisotopic (exact) mass is 393 g/mol. The van der Waals surface area contributed by atoms with Crippen LogP contribution in [0.15, 0.2) is 48.5 Å². The molecule has 7 nitrogen and oxygen atoms in total. The van der Waals surface area contributed by atoms with E-state index in [1.54, 1.807) is 7.11 Å². The number of rotatable bonds is 8. The Kier molecular flexibility index (Phi) is 6.09. The van der Waals surface area contributed by atoms with Crippen LogP contribution in [0.25, 0.3) is 5.69 Å². The molecule has 0 unspecified atom stereocenters. The molecule has 0 amide bonds. The maximum absolute atomic E-state index is 12.7. The van der Waals surface area contributed by atoms with Crippen molar-refractivity contribution in [3.05, 3.63) is 59.9 Å². The van der Waals surface area contributed by atoms with E-state index in [0.29, 0.717) is 30.5 Å². The first-order chi connectivity index (χ1) is 13.5. The molecule has 3 aromatic rings. The van der Waals surface area contributed by atoms with Gasteiger partial charge in [-0.3, -0.25) is 0 Å². The van der Waals surface area contributed by atoms with Crippen molar-refractivity contribution in [1.29, 1.82) is 0 Å². The smallest absolute Gasteiger partial charge is 0.416 e. The molecule has 0 saturated heterocycles. The fourth-order valence-corrected chi connectivity index (χ4v) is 2.43. The molecular weight excluding hydrogens is 375 g/mol. The first-order valence-corrected chi connectivity index (χ1v) is 8.38. The van der Waals surface area contributed by atoms with E-state index in [2.05, 4.69) is 20.8 Å². The number of anilines is 1. The molecule has 1 N–H and O–H groups in total. The van der Waals surface area contributed by atoms with Gasteiger partial charge in [0.2, 0.25) is 0 Å². The Bertz CT molecular complexity index is 897. The summed E-state index contributed by atoms with van der Waals surface area (Å²) in [5.41, 5.74) is 0.498. The molecule has 10 heteroatoms. The molecule has 1 aromatic heterocycles. The lowest BCUT2D eigenvalue weighted by molar-refractivity contribution is -0.137. The number of halogens is 3. The molecule has 28 heavy (non-hydrogen) atoms. The van der Waals surface area contributed by atoms with Gasteiger partial charge >= 0.3 is 6.18 Å². The van der Waals surface area contributed by atoms with Gasteiger partial charge in [-0.25, -0.2) is 0 Å². The van der Waals surface area contributed by atoms with E-state index < -0.39 is 11.7 Å². The van der Waals surface area contributed by atoms with Crippen molar-refractivity contribution < 1.29 is 22.6 Å². The minimum absolute atomic E-state index is 0.273. The van der Waals surface area contributed by atoms with Crippen molar-refractivity contribution in [3.63, 3.8) is 0 Å². The van der Waals surface area contributed by atoms with Crippen LogP contribution in [0.2, 0.25) is 0 Å². The van der Waals surface area contributed by atoms with Gasteiger partial charge in [0.15, 0.2) is 5.82 Å². The van der Waals surface area contributed by atoms with Gasteiger partial charge < -0.3 is 14.8 Å². The predicted molar refractivity (Wildman–Crippen MR) is 95.3 cm³/mol. The molecule has 2 aromatic carbocycles. The Morgan fingerprint density at radius 3 is 2.57 bits per heavy atom. The number of methoxy groups -OCH3 is 1. The second kappa shape index (κ2) is 8.70. The summed E-state index contributed by atoms with van der Waals surface area (Å²) >= 11 is 0. The third-order valence-corrected chi connectivity index (χ3v) is 3.81. The lowest BCUT2D eigenvalue weighted by atomic mass is 10.2. The van der Waals surface area contributed by atoms with Crippen LogP contribution < -0.4 is 10.1 Å². The average Bonchev–Trinajstić information content (AvgIpc) is 3.15. The maximum Gasteiger partial charge on any atom is 0.416 e. The van der Waals surface area contributed by atoms with Gasteiger partial charge in [-0.2, -0.15) is 17.9 Å². The first-order valence-electron chi connectivity index (χ1n) is 8.38. The van der Waals surface area contributed by atoms with Crippen LogP contribution in [0.3, 0.4) is 0 Å². The van der Waals surface area contributed by atoms with E-state index in [4.69, 9.17) is 9.47 Å². The fourth-order valence-electron chi connectivity index (χ4n) is 2.43. The van der Waals surface area contributed by atoms with Gasteiger partial charge in [-0.15, -0.1) is 5.10 Å². The SMILES string of the molecule is COCCOc1cccc(NCc2nnnn2-c2ccc(C(F)(F)F)cc2)c1. The average molecular weight is 393 g/mol. The topological polar surface area (TPSA) is 74.1 Å². The van der Waals surface area contributed by atoms with Gasteiger partial charge in [0.1, 0.15) is 12.4 Å². The van der Waals surface area contributed by atoms with Crippen molar-refractivity contribution in [2.45, 2.75) is 12.7 Å². The Labute approximate surface area is 159 Å². The number of tetrazole rings is 1. The molecule has 0 radical (unpaired) electrons. The number of nitrogens with one attached hydrogen (secondary N) is 1. The molecule has 0 bridgehead atoms. The zero-order valence-electron chi connectivity index (χ0n) is 15.0. The molecule has 1 heterocycles. The van der Waals surface area contributed by atoms with E-state index in [9.17, 15) is 13.2 Å². The summed E-state index contributed by atoms with van der Waals surface area (Å²) in [6, 6.07) is 12.0. The third-order valence-electron chi connectivity index (χ3n) is 3.81. The highest BCUT2D eigenvalue weighted by atomic mass is 19.4. The highest BCUT2D eigenvalue weighted by Gasteiger charge is 2.30. The summed E-state index contributed by atoms with van der Waals surface area (Å²) in [5.74, 6) is 1.13. The minimum atomic E-state index is -4.39. The second-order valence-electron chi connectivity index (χ2n) is 5.77. The molecule has 3 rings (SSSR count). The molecule has 148 valence electrons. The molecule has 0 aliphatic rings. The predicted octanol–water partition coefficient (Wildman–Crippen LogP) is 3.32. The van der Waals surface area contributed by atoms with E-state index >= 15 is 0 Å². The Hall–Kier alpha value is -3.14. The number of hydrogen-bond donors (Lipinski definition) is 1. The molecule has 0 atom stereocenters. The van der Waals surface area contributed by atoms with Crippen LogP contribution in [-0.2, 0) is 17.5 Å². The Balaban J connectivity index is 1.67. The normalized spacial score (nSPS) is 11.4. The van der Waals surface area contributed by atoms with Gasteiger partial charge in [-0.1, -0.05) is 6.07 Å². The van der Waals surface area contributed by atoms with Crippen LogP contribution in [0.1, 0.15) is 11.4 Å². The highest BCUT2D eigenvalue weighted by molar-refractivity contribution is 5.48. The number of aromatic nitrogens is 4. The van der Waals surface area contributed by atoms with E-state index in [1.165, 1.54) is 16.8 Å². The number of ether oxygens (including phenoxy) is 2. The zero-order chi connectivity index (χ0) is 20.0. The van der Waals surface area contributed by atoms with Crippen molar-refractivity contribution in [1.82, 2.24) is 20.2 Å². The number of benzene rings is 2. The molecule has 0 fully saturated rings. The van der Waals surface area contributed by atoms with Crippen LogP contribution in [0, 0.1) is 0 Å². The summed E-state index contributed by atoms with van der Waals surface area (Å²) < 4.78 is 50.0. The number of hydrogen-bond acceptors (Lipinski definition) is 6. The van der Waals surface area contributed by atoms with Gasteiger partial charge in [0, 0.05) is 18.9 Å². The molecular formula is C18H18F3N5O2. The van der Waals surface area contributed by atoms with E-state index in [1.807, 2.05) is 24.3 Å². The summed E-state index contributed by atoms with van der Waals surface area (Å²) in [7, 11) is 1.60. The fraction of sp³-hybridized carbons (Fsp3) is 0.278. The maximum atomic E-state index is 12.7. The van der Waals surface area contributed by atoms with E-state index in [0.717, 1.165) is 17.8 Å². The number of nitrogens with zero attached hydrogens (tertiary/aromatic N) is 4. The van der Waals surface area contributed by atoms with Crippen molar-refractivity contribution in [2.75, 3.05) is 25.6 Å². The summed E-state index contributed by atoms with van der Waals surface area (Å²) in [6.45, 7) is 1.20. The molecule has 0 aliphatic heterocycles. The lowest BCUT2D eigenvalue weighted by Crippen LogP contribution is -2.10. The van der Waals surface area contributed by atoms with Gasteiger partial charge in [0.05, 0.1) is 24.4 Å². The summed E-state index contributed by atoms with van der Waals surface area (Å²) in [5, 5.41) is 14.6. The zero-order valence-corrected chi connectivity index (χ0v) is 15.0. The largest absolute Gasteiger partial charge is 0.491 e. The van der Waals surface area contributed by atoms with Crippen molar-refractivity contribution in [3.8, 4) is 11.4 Å². The van der Waals surface area contributed by atoms with Gasteiger partial charge in [0.25, 0.3) is 0 Å². The number of alkyl halides is 3. The summed E-state index contributed by atoms with van der Waals surface area (Å²) in [6.07, 6.45) is -4.39. The third kappa shape index (κ3) is 4.97. The lowest BCUT2D eigenvalue weighted by Gasteiger charge is -2.10. The second-order valence-corrected chi connectivity index (χ2v) is 5.77. The molecule has 0 saturated carbocycles. The summed E-state index contributed by atoms with van der Waals surface area (Å²) in [4.78, 5) is 0.